The number of aromatic nitrogens is 1. The topological polar surface area (TPSA) is 97.5 Å². The van der Waals surface area contributed by atoms with Crippen LogP contribution in [0.4, 0.5) is 0 Å². The third-order valence-electron chi connectivity index (χ3n) is 7.92. The molecular formula is C33H33N3O6. The van der Waals surface area contributed by atoms with Gasteiger partial charge in [-0.05, 0) is 36.4 Å². The second-order valence-corrected chi connectivity index (χ2v) is 10.5. The maximum absolute atomic E-state index is 13.0. The van der Waals surface area contributed by atoms with Gasteiger partial charge in [0.05, 0.1) is 20.3 Å². The fraction of sp³-hybridized carbons (Fsp3) is 0.273. The summed E-state index contributed by atoms with van der Waals surface area (Å²) in [7, 11) is 5.07. The van der Waals surface area contributed by atoms with Gasteiger partial charge in [-0.25, -0.2) is 9.78 Å². The van der Waals surface area contributed by atoms with Gasteiger partial charge in [-0.3, -0.25) is 4.90 Å². The number of aromatic hydroxyl groups is 1. The average molecular weight is 568 g/mol. The van der Waals surface area contributed by atoms with Crippen molar-refractivity contribution < 1.29 is 28.5 Å². The van der Waals surface area contributed by atoms with Gasteiger partial charge in [0.1, 0.15) is 35.5 Å². The van der Waals surface area contributed by atoms with Crippen molar-refractivity contribution in [1.82, 2.24) is 14.8 Å². The number of carbonyl (C=O) groups is 1. The van der Waals surface area contributed by atoms with Crippen molar-refractivity contribution in [2.24, 2.45) is 0 Å². The largest absolute Gasteiger partial charge is 0.507 e. The summed E-state index contributed by atoms with van der Waals surface area (Å²) in [4.78, 5) is 22.0. The van der Waals surface area contributed by atoms with Crippen LogP contribution in [0.25, 0.3) is 21.7 Å². The second kappa shape index (κ2) is 11.7. The van der Waals surface area contributed by atoms with Crippen LogP contribution in [0.5, 0.6) is 17.4 Å². The van der Waals surface area contributed by atoms with Crippen molar-refractivity contribution in [3.8, 4) is 17.4 Å². The first-order valence-corrected chi connectivity index (χ1v) is 13.9. The quantitative estimate of drug-likeness (QED) is 0.247. The highest BCUT2D eigenvalue weighted by molar-refractivity contribution is 6.16. The summed E-state index contributed by atoms with van der Waals surface area (Å²) >= 11 is 0. The molecule has 0 saturated carbocycles. The molecule has 1 fully saturated rings. The molecule has 0 aliphatic carbocycles. The standard InChI is InChI=1S/C33H33N3O6/c1-35-13-15-36(16-14-35)30(22-11-12-34-27(18-22)41-19-21-7-6-8-23(17-21)39-2)29-28-26(33(38)40-3)20-42-32(28)25-10-5-4-9-24(25)31(29)37/h4-12,17-18,20,30,37H,13-16,19H2,1-3H3. The van der Waals surface area contributed by atoms with E-state index in [1.165, 1.54) is 13.4 Å². The van der Waals surface area contributed by atoms with E-state index in [-0.39, 0.29) is 11.3 Å². The lowest BCUT2D eigenvalue weighted by Gasteiger charge is -2.39. The molecule has 1 aliphatic heterocycles. The number of phenolic OH excluding ortho intramolecular Hbond substituents is 1. The molecule has 0 amide bonds. The van der Waals surface area contributed by atoms with E-state index in [2.05, 4.69) is 21.8 Å². The molecule has 1 atom stereocenters. The normalized spacial score (nSPS) is 15.1. The number of hydrogen-bond donors (Lipinski definition) is 1. The molecule has 0 spiro atoms. The van der Waals surface area contributed by atoms with Crippen LogP contribution in [-0.4, -0.2) is 73.3 Å². The molecule has 0 radical (unpaired) electrons. The van der Waals surface area contributed by atoms with Crippen molar-refractivity contribution in [3.63, 3.8) is 0 Å². The van der Waals surface area contributed by atoms with E-state index in [4.69, 9.17) is 18.6 Å². The number of methoxy groups -OCH3 is 2. The Morgan fingerprint density at radius 3 is 2.57 bits per heavy atom. The predicted octanol–water partition coefficient (Wildman–Crippen LogP) is 5.40. The van der Waals surface area contributed by atoms with E-state index >= 15 is 0 Å². The van der Waals surface area contributed by atoms with E-state index in [0.29, 0.717) is 34.4 Å². The van der Waals surface area contributed by atoms with Crippen molar-refractivity contribution >= 4 is 27.7 Å². The number of pyridine rings is 1. The highest BCUT2D eigenvalue weighted by atomic mass is 16.5. The number of ether oxygens (including phenoxy) is 3. The van der Waals surface area contributed by atoms with Gasteiger partial charge < -0.3 is 28.6 Å². The Bertz CT molecular complexity index is 1740. The fourth-order valence-corrected chi connectivity index (χ4v) is 5.73. The zero-order valence-electron chi connectivity index (χ0n) is 23.9. The molecule has 2 aromatic heterocycles. The molecule has 42 heavy (non-hydrogen) atoms. The first kappa shape index (κ1) is 27.6. The van der Waals surface area contributed by atoms with Gasteiger partial charge in [0.25, 0.3) is 0 Å². The SMILES string of the molecule is COC(=O)c1coc2c1c(C(c1ccnc(OCc3cccc(OC)c3)c1)N1CCN(C)CC1)c(O)c1ccccc12. The molecule has 1 N–H and O–H groups in total. The van der Waals surface area contributed by atoms with Crippen molar-refractivity contribution in [1.29, 1.82) is 0 Å². The monoisotopic (exact) mass is 567 g/mol. The van der Waals surface area contributed by atoms with E-state index in [1.54, 1.807) is 13.3 Å². The summed E-state index contributed by atoms with van der Waals surface area (Å²) in [6.07, 6.45) is 3.13. The van der Waals surface area contributed by atoms with Crippen LogP contribution in [0.3, 0.4) is 0 Å². The molecule has 9 nitrogen and oxygen atoms in total. The summed E-state index contributed by atoms with van der Waals surface area (Å²) in [5, 5.41) is 13.8. The predicted molar refractivity (Wildman–Crippen MR) is 159 cm³/mol. The smallest absolute Gasteiger partial charge is 0.341 e. The Morgan fingerprint density at radius 1 is 1.02 bits per heavy atom. The van der Waals surface area contributed by atoms with E-state index in [1.807, 2.05) is 60.7 Å². The minimum absolute atomic E-state index is 0.101. The molecule has 3 aromatic carbocycles. The molecule has 5 aromatic rings. The lowest BCUT2D eigenvalue weighted by molar-refractivity contribution is 0.0601. The highest BCUT2D eigenvalue weighted by Gasteiger charge is 2.34. The van der Waals surface area contributed by atoms with Gasteiger partial charge in [-0.15, -0.1) is 0 Å². The minimum atomic E-state index is -0.529. The van der Waals surface area contributed by atoms with Gasteiger partial charge in [-0.2, -0.15) is 0 Å². The highest BCUT2D eigenvalue weighted by Crippen LogP contribution is 2.46. The van der Waals surface area contributed by atoms with Crippen LogP contribution in [0.2, 0.25) is 0 Å². The van der Waals surface area contributed by atoms with E-state index < -0.39 is 12.0 Å². The average Bonchev–Trinajstić information content (AvgIpc) is 3.48. The number of esters is 1. The van der Waals surface area contributed by atoms with Gasteiger partial charge >= 0.3 is 5.97 Å². The molecule has 6 rings (SSSR count). The Balaban J connectivity index is 1.50. The zero-order chi connectivity index (χ0) is 29.2. The van der Waals surface area contributed by atoms with Crippen molar-refractivity contribution in [2.45, 2.75) is 12.6 Å². The minimum Gasteiger partial charge on any atom is -0.507 e. The van der Waals surface area contributed by atoms with Gasteiger partial charge in [0.15, 0.2) is 0 Å². The molecular weight excluding hydrogens is 534 g/mol. The Kier molecular flexibility index (Phi) is 7.69. The van der Waals surface area contributed by atoms with E-state index in [0.717, 1.165) is 48.4 Å². The number of carbonyl (C=O) groups excluding carboxylic acids is 1. The third-order valence-corrected chi connectivity index (χ3v) is 7.92. The van der Waals surface area contributed by atoms with Crippen LogP contribution >= 0.6 is 0 Å². The zero-order valence-corrected chi connectivity index (χ0v) is 23.9. The van der Waals surface area contributed by atoms with Crippen LogP contribution in [0, 0.1) is 0 Å². The number of fused-ring (bicyclic) bond motifs is 3. The van der Waals surface area contributed by atoms with Gasteiger partial charge in [-0.1, -0.05) is 36.4 Å². The molecule has 1 aliphatic rings. The van der Waals surface area contributed by atoms with Gasteiger partial charge in [0, 0.05) is 60.2 Å². The van der Waals surface area contributed by atoms with Crippen LogP contribution < -0.4 is 9.47 Å². The molecule has 216 valence electrons. The Labute approximate surface area is 243 Å². The first-order chi connectivity index (χ1) is 20.5. The summed E-state index contributed by atoms with van der Waals surface area (Å²) < 4.78 is 22.6. The number of phenols is 1. The number of likely N-dealkylation sites (N-methyl/N-ethyl adjacent to an activating group) is 1. The number of benzene rings is 3. The van der Waals surface area contributed by atoms with Crippen molar-refractivity contribution in [3.05, 3.63) is 95.4 Å². The summed E-state index contributed by atoms with van der Waals surface area (Å²) in [5.74, 6) is 0.778. The molecule has 9 heteroatoms. The third kappa shape index (κ3) is 5.13. The number of hydrogen-bond acceptors (Lipinski definition) is 9. The summed E-state index contributed by atoms with van der Waals surface area (Å²) in [6.45, 7) is 3.53. The van der Waals surface area contributed by atoms with Crippen LogP contribution in [0.15, 0.2) is 77.5 Å². The second-order valence-electron chi connectivity index (χ2n) is 10.5. The maximum Gasteiger partial charge on any atom is 0.341 e. The van der Waals surface area contributed by atoms with E-state index in [9.17, 15) is 9.90 Å². The van der Waals surface area contributed by atoms with Gasteiger partial charge in [0.2, 0.25) is 5.88 Å². The Morgan fingerprint density at radius 2 is 1.81 bits per heavy atom. The molecule has 1 unspecified atom stereocenters. The summed E-state index contributed by atoms with van der Waals surface area (Å²) in [5.41, 5.74) is 3.21. The maximum atomic E-state index is 13.0. The molecule has 3 heterocycles. The first-order valence-electron chi connectivity index (χ1n) is 13.9. The number of furan rings is 1. The Hall–Kier alpha value is -4.60. The number of piperazine rings is 1. The number of rotatable bonds is 8. The number of nitrogens with zero attached hydrogens (tertiary/aromatic N) is 3. The van der Waals surface area contributed by atoms with Crippen molar-refractivity contribution in [2.75, 3.05) is 47.4 Å². The molecule has 0 bridgehead atoms. The van der Waals surface area contributed by atoms with Crippen LogP contribution in [0.1, 0.15) is 33.1 Å². The lowest BCUT2D eigenvalue weighted by Crippen LogP contribution is -2.46. The summed E-state index contributed by atoms with van der Waals surface area (Å²) in [6, 6.07) is 18.6. The van der Waals surface area contributed by atoms with Crippen LogP contribution in [-0.2, 0) is 11.3 Å². The lowest BCUT2D eigenvalue weighted by atomic mass is 9.89. The fourth-order valence-electron chi connectivity index (χ4n) is 5.73. The molecule has 1 saturated heterocycles.